The van der Waals surface area contributed by atoms with E-state index in [1.54, 1.807) is 0 Å². The molecule has 1 heteroatoms. The van der Waals surface area contributed by atoms with Gasteiger partial charge in [0.1, 0.15) is 0 Å². The number of rotatable bonds is 2. The van der Waals surface area contributed by atoms with E-state index in [9.17, 15) is 0 Å². The molecule has 102 valence electrons. The smallest absolute Gasteiger partial charge is 0.0352 e. The lowest BCUT2D eigenvalue weighted by atomic mass is 9.71. The minimum atomic E-state index is 0.648. The maximum absolute atomic E-state index is 6.24. The van der Waals surface area contributed by atoms with E-state index in [-0.39, 0.29) is 0 Å². The Morgan fingerprint density at radius 3 is 2.79 bits per heavy atom. The van der Waals surface area contributed by atoms with Crippen LogP contribution in [0.4, 0.5) is 5.69 Å². The van der Waals surface area contributed by atoms with Gasteiger partial charge in [0.2, 0.25) is 0 Å². The monoisotopic (exact) mass is 255 g/mol. The number of fused-ring (bicyclic) bond motifs is 5. The molecule has 1 nitrogen and oxygen atoms in total. The molecule has 0 spiro atoms. The molecule has 2 aliphatic rings. The van der Waals surface area contributed by atoms with Crippen LogP contribution in [0, 0.1) is 17.8 Å². The fourth-order valence-corrected chi connectivity index (χ4v) is 4.28. The topological polar surface area (TPSA) is 26.0 Å². The highest BCUT2D eigenvalue weighted by molar-refractivity contribution is 5.58. The highest BCUT2D eigenvalue weighted by atomic mass is 14.6. The van der Waals surface area contributed by atoms with Crippen LogP contribution in [-0.4, -0.2) is 0 Å². The predicted octanol–water partition coefficient (Wildman–Crippen LogP) is 4.71. The van der Waals surface area contributed by atoms with Crippen LogP contribution in [0.1, 0.15) is 56.6 Å². The average Bonchev–Trinajstić information content (AvgIpc) is 2.55. The van der Waals surface area contributed by atoms with Gasteiger partial charge >= 0.3 is 0 Å². The first-order valence-corrected chi connectivity index (χ1v) is 7.66. The summed E-state index contributed by atoms with van der Waals surface area (Å²) in [5, 5.41) is 0. The largest absolute Gasteiger partial charge is 0.398 e. The van der Waals surface area contributed by atoms with E-state index in [1.807, 2.05) is 0 Å². The van der Waals surface area contributed by atoms with Gasteiger partial charge in [0.15, 0.2) is 0 Å². The summed E-state index contributed by atoms with van der Waals surface area (Å²) in [4.78, 5) is 0. The number of allylic oxidation sites excluding steroid dienone is 2. The summed E-state index contributed by atoms with van der Waals surface area (Å²) in [6.07, 6.45) is 7.46. The summed E-state index contributed by atoms with van der Waals surface area (Å²) in [6, 6.07) is 6.52. The second-order valence-electron chi connectivity index (χ2n) is 6.71. The average molecular weight is 255 g/mol. The van der Waals surface area contributed by atoms with Gasteiger partial charge in [-0.25, -0.2) is 0 Å². The van der Waals surface area contributed by atoms with Crippen LogP contribution in [-0.2, 0) is 0 Å². The van der Waals surface area contributed by atoms with Crippen molar-refractivity contribution in [2.24, 2.45) is 17.8 Å². The van der Waals surface area contributed by atoms with Crippen molar-refractivity contribution in [2.45, 2.75) is 45.4 Å². The Kier molecular flexibility index (Phi) is 3.16. The van der Waals surface area contributed by atoms with Crippen molar-refractivity contribution in [3.8, 4) is 0 Å². The number of benzene rings is 1. The van der Waals surface area contributed by atoms with E-state index in [4.69, 9.17) is 5.73 Å². The van der Waals surface area contributed by atoms with Crippen LogP contribution in [0.3, 0.4) is 0 Å². The van der Waals surface area contributed by atoms with Gasteiger partial charge in [0.25, 0.3) is 0 Å². The van der Waals surface area contributed by atoms with Crippen molar-refractivity contribution in [3.05, 3.63) is 41.5 Å². The number of hydrogen-bond donors (Lipinski definition) is 1. The highest BCUT2D eigenvalue weighted by Gasteiger charge is 2.45. The molecule has 0 amide bonds. The first-order chi connectivity index (χ1) is 9.09. The first-order valence-electron chi connectivity index (χ1n) is 7.66. The molecule has 1 fully saturated rings. The van der Waals surface area contributed by atoms with Gasteiger partial charge in [-0.15, -0.1) is 0 Å². The summed E-state index contributed by atoms with van der Waals surface area (Å²) in [6.45, 7) is 6.93. The molecule has 4 atom stereocenters. The summed E-state index contributed by atoms with van der Waals surface area (Å²) in [5.74, 6) is 3.49. The Labute approximate surface area is 116 Å². The van der Waals surface area contributed by atoms with E-state index in [0.29, 0.717) is 23.7 Å². The molecule has 0 saturated heterocycles. The normalized spacial score (nSPS) is 33.1. The first kappa shape index (κ1) is 12.8. The Morgan fingerprint density at radius 2 is 2.05 bits per heavy atom. The summed E-state index contributed by atoms with van der Waals surface area (Å²) in [5.41, 5.74) is 10.3. The number of nitrogens with two attached hydrogens (primary N) is 1. The maximum atomic E-state index is 6.24. The molecule has 0 aliphatic heterocycles. The van der Waals surface area contributed by atoms with Crippen molar-refractivity contribution in [1.82, 2.24) is 0 Å². The maximum Gasteiger partial charge on any atom is 0.0352 e. The van der Waals surface area contributed by atoms with Crippen LogP contribution in [0.15, 0.2) is 30.4 Å². The second-order valence-corrected chi connectivity index (χ2v) is 6.71. The van der Waals surface area contributed by atoms with Crippen LogP contribution >= 0.6 is 0 Å². The molecule has 0 radical (unpaired) electrons. The van der Waals surface area contributed by atoms with Crippen LogP contribution in [0.5, 0.6) is 0 Å². The zero-order valence-electron chi connectivity index (χ0n) is 12.3. The van der Waals surface area contributed by atoms with Gasteiger partial charge in [-0.1, -0.05) is 45.1 Å². The van der Waals surface area contributed by atoms with Crippen molar-refractivity contribution >= 4 is 5.69 Å². The van der Waals surface area contributed by atoms with E-state index in [2.05, 4.69) is 51.1 Å². The van der Waals surface area contributed by atoms with Gasteiger partial charge < -0.3 is 5.73 Å². The number of hydrogen-bond acceptors (Lipinski definition) is 1. The fraction of sp³-hybridized carbons (Fsp3) is 0.556. The molecule has 1 aromatic rings. The zero-order chi connectivity index (χ0) is 13.6. The molecule has 3 rings (SSSR count). The Bertz CT molecular complexity index is 500. The molecule has 2 bridgehead atoms. The summed E-state index contributed by atoms with van der Waals surface area (Å²) < 4.78 is 0. The van der Waals surface area contributed by atoms with Crippen molar-refractivity contribution in [3.63, 3.8) is 0 Å². The Balaban J connectivity index is 2.00. The molecule has 0 heterocycles. The minimum absolute atomic E-state index is 0.648. The highest BCUT2D eigenvalue weighted by Crippen LogP contribution is 2.58. The third-order valence-electron chi connectivity index (χ3n) is 5.12. The van der Waals surface area contributed by atoms with Crippen molar-refractivity contribution < 1.29 is 0 Å². The summed E-state index contributed by atoms with van der Waals surface area (Å²) in [7, 11) is 0. The van der Waals surface area contributed by atoms with E-state index >= 15 is 0 Å². The molecule has 1 aromatic carbocycles. The Hall–Kier alpha value is -1.24. The number of nitrogen functional groups attached to an aromatic ring is 1. The predicted molar refractivity (Wildman–Crippen MR) is 82.2 cm³/mol. The molecule has 19 heavy (non-hydrogen) atoms. The lowest BCUT2D eigenvalue weighted by Gasteiger charge is -2.33. The number of anilines is 1. The summed E-state index contributed by atoms with van der Waals surface area (Å²) >= 11 is 0. The van der Waals surface area contributed by atoms with Crippen LogP contribution in [0.2, 0.25) is 0 Å². The van der Waals surface area contributed by atoms with Gasteiger partial charge in [0, 0.05) is 5.69 Å². The molecule has 2 aliphatic carbocycles. The van der Waals surface area contributed by atoms with Crippen LogP contribution < -0.4 is 5.73 Å². The van der Waals surface area contributed by atoms with E-state index < -0.39 is 0 Å². The van der Waals surface area contributed by atoms with Crippen molar-refractivity contribution in [2.75, 3.05) is 5.73 Å². The van der Waals surface area contributed by atoms with Gasteiger partial charge in [-0.05, 0) is 59.6 Å². The fourth-order valence-electron chi connectivity index (χ4n) is 4.28. The molecule has 2 N–H and O–H groups in total. The molecule has 1 saturated carbocycles. The van der Waals surface area contributed by atoms with E-state index in [1.165, 1.54) is 24.0 Å². The molecular weight excluding hydrogens is 230 g/mol. The molecule has 4 unspecified atom stereocenters. The molecular formula is C18H25N. The quantitative estimate of drug-likeness (QED) is 0.601. The van der Waals surface area contributed by atoms with Gasteiger partial charge in [-0.3, -0.25) is 0 Å². The van der Waals surface area contributed by atoms with E-state index in [0.717, 1.165) is 11.6 Å². The Morgan fingerprint density at radius 1 is 1.26 bits per heavy atom. The third-order valence-corrected chi connectivity index (χ3v) is 5.12. The van der Waals surface area contributed by atoms with Gasteiger partial charge in [0.05, 0.1) is 0 Å². The van der Waals surface area contributed by atoms with Crippen molar-refractivity contribution in [1.29, 1.82) is 0 Å². The standard InChI is InChI=1S/C18H25N/c1-11(2)7-8-13-9-10-14-12(3)17(13)15-5-4-6-16(19)18(14)15/h4-8,11-14,17H,9-10,19H2,1-3H3/b8-7+. The zero-order valence-corrected chi connectivity index (χ0v) is 12.3. The lowest BCUT2D eigenvalue weighted by molar-refractivity contribution is 0.267. The minimum Gasteiger partial charge on any atom is -0.398 e. The third kappa shape index (κ3) is 2.00. The second kappa shape index (κ2) is 4.70. The SMILES string of the molecule is CC(C)/C=C/C1CCC2c3c(N)cccc3C1C2C. The van der Waals surface area contributed by atoms with Gasteiger partial charge in [-0.2, -0.15) is 0 Å². The molecule has 0 aromatic heterocycles. The van der Waals surface area contributed by atoms with Crippen LogP contribution in [0.25, 0.3) is 0 Å². The lowest BCUT2D eigenvalue weighted by Crippen LogP contribution is -2.22.